The van der Waals surface area contributed by atoms with Gasteiger partial charge >= 0.3 is 0 Å². The van der Waals surface area contributed by atoms with E-state index in [0.29, 0.717) is 23.6 Å². The average Bonchev–Trinajstić information content (AvgIpc) is 2.18. The summed E-state index contributed by atoms with van der Waals surface area (Å²) in [6, 6.07) is 3.41. The van der Waals surface area contributed by atoms with E-state index in [1.54, 1.807) is 12.1 Å². The van der Waals surface area contributed by atoms with Gasteiger partial charge in [0.1, 0.15) is 0 Å². The van der Waals surface area contributed by atoms with Crippen molar-refractivity contribution in [3.63, 3.8) is 0 Å². The fourth-order valence-electron chi connectivity index (χ4n) is 1.25. The summed E-state index contributed by atoms with van der Waals surface area (Å²) in [7, 11) is 1.46. The van der Waals surface area contributed by atoms with Crippen LogP contribution in [0.4, 0.5) is 0 Å². The summed E-state index contributed by atoms with van der Waals surface area (Å²) in [5.41, 5.74) is 0.736. The summed E-state index contributed by atoms with van der Waals surface area (Å²) in [6.45, 7) is 0.102. The first-order chi connectivity index (χ1) is 6.70. The third-order valence-electron chi connectivity index (χ3n) is 1.98. The molecule has 0 heterocycles. The lowest BCUT2D eigenvalue weighted by molar-refractivity contribution is 0.287. The van der Waals surface area contributed by atoms with Gasteiger partial charge < -0.3 is 14.9 Å². The number of aliphatic hydroxyl groups is 1. The molecular formula is C10H13ClO3. The Morgan fingerprint density at radius 3 is 2.71 bits per heavy atom. The fourth-order valence-corrected chi connectivity index (χ4v) is 1.48. The standard InChI is InChI=1S/C10H13ClO3/c1-14-10-8(11)5-4-7(9(10)13)3-2-6-12/h4-5,12-13H,2-3,6H2,1H3. The van der Waals surface area contributed by atoms with Crippen molar-refractivity contribution in [3.05, 3.63) is 22.7 Å². The molecule has 0 unspecified atom stereocenters. The van der Waals surface area contributed by atoms with Gasteiger partial charge in [0.2, 0.25) is 0 Å². The number of phenols is 1. The smallest absolute Gasteiger partial charge is 0.179 e. The molecule has 0 bridgehead atoms. The Hall–Kier alpha value is -0.930. The lowest BCUT2D eigenvalue weighted by atomic mass is 10.1. The van der Waals surface area contributed by atoms with Crippen molar-refractivity contribution in [1.29, 1.82) is 0 Å². The number of ether oxygens (including phenoxy) is 1. The number of hydrogen-bond donors (Lipinski definition) is 2. The van der Waals surface area contributed by atoms with Crippen LogP contribution < -0.4 is 4.74 Å². The van der Waals surface area contributed by atoms with Crippen LogP contribution in [0.5, 0.6) is 11.5 Å². The maximum atomic E-state index is 9.71. The van der Waals surface area contributed by atoms with Gasteiger partial charge in [-0.15, -0.1) is 0 Å². The van der Waals surface area contributed by atoms with E-state index in [9.17, 15) is 5.11 Å². The van der Waals surface area contributed by atoms with Crippen LogP contribution in [-0.2, 0) is 6.42 Å². The summed E-state index contributed by atoms with van der Waals surface area (Å²) >= 11 is 5.80. The molecule has 3 nitrogen and oxygen atoms in total. The molecule has 0 aliphatic rings. The molecule has 0 saturated carbocycles. The normalized spacial score (nSPS) is 10.2. The van der Waals surface area contributed by atoms with Crippen molar-refractivity contribution in [1.82, 2.24) is 0 Å². The highest BCUT2D eigenvalue weighted by atomic mass is 35.5. The maximum Gasteiger partial charge on any atom is 0.179 e. The van der Waals surface area contributed by atoms with Crippen LogP contribution in [0.25, 0.3) is 0 Å². The monoisotopic (exact) mass is 216 g/mol. The van der Waals surface area contributed by atoms with Gasteiger partial charge in [-0.1, -0.05) is 17.7 Å². The van der Waals surface area contributed by atoms with Gasteiger partial charge in [-0.2, -0.15) is 0 Å². The number of phenolic OH excluding ortho intramolecular Hbond substituents is 1. The summed E-state index contributed by atoms with van der Waals surface area (Å²) in [6.07, 6.45) is 1.22. The summed E-state index contributed by atoms with van der Waals surface area (Å²) in [5, 5.41) is 18.8. The largest absolute Gasteiger partial charge is 0.504 e. The van der Waals surface area contributed by atoms with Crippen molar-refractivity contribution in [3.8, 4) is 11.5 Å². The van der Waals surface area contributed by atoms with Gasteiger partial charge in [-0.3, -0.25) is 0 Å². The molecule has 0 aliphatic carbocycles. The van der Waals surface area contributed by atoms with Gasteiger partial charge in [-0.25, -0.2) is 0 Å². The first-order valence-corrected chi connectivity index (χ1v) is 4.73. The van der Waals surface area contributed by atoms with Crippen LogP contribution >= 0.6 is 11.6 Å². The predicted octanol–water partition coefficient (Wildman–Crippen LogP) is 1.98. The summed E-state index contributed by atoms with van der Waals surface area (Å²) in [4.78, 5) is 0. The number of aromatic hydroxyl groups is 1. The van der Waals surface area contributed by atoms with Gasteiger partial charge in [0.15, 0.2) is 11.5 Å². The average molecular weight is 217 g/mol. The minimum Gasteiger partial charge on any atom is -0.504 e. The number of hydrogen-bond acceptors (Lipinski definition) is 3. The Morgan fingerprint density at radius 1 is 1.43 bits per heavy atom. The number of rotatable bonds is 4. The molecule has 0 fully saturated rings. The molecule has 1 aromatic rings. The van der Waals surface area contributed by atoms with Gasteiger partial charge in [-0.05, 0) is 24.5 Å². The quantitative estimate of drug-likeness (QED) is 0.809. The first-order valence-electron chi connectivity index (χ1n) is 4.36. The second-order valence-corrected chi connectivity index (χ2v) is 3.32. The molecule has 0 saturated heterocycles. The van der Waals surface area contributed by atoms with Crippen molar-refractivity contribution >= 4 is 11.6 Å². The van der Waals surface area contributed by atoms with Crippen LogP contribution in [0, 0.1) is 0 Å². The molecule has 14 heavy (non-hydrogen) atoms. The molecule has 2 N–H and O–H groups in total. The number of aryl methyl sites for hydroxylation is 1. The van der Waals surface area contributed by atoms with Gasteiger partial charge in [0, 0.05) is 6.61 Å². The van der Waals surface area contributed by atoms with E-state index in [4.69, 9.17) is 21.4 Å². The molecule has 0 aromatic heterocycles. The lowest BCUT2D eigenvalue weighted by Gasteiger charge is -2.09. The Bertz CT molecular complexity index is 312. The van der Waals surface area contributed by atoms with E-state index in [2.05, 4.69) is 0 Å². The molecule has 78 valence electrons. The summed E-state index contributed by atoms with van der Waals surface area (Å²) < 4.78 is 4.95. The Kier molecular flexibility index (Phi) is 4.04. The van der Waals surface area contributed by atoms with Crippen LogP contribution in [0.3, 0.4) is 0 Å². The van der Waals surface area contributed by atoms with Crippen molar-refractivity contribution in [2.24, 2.45) is 0 Å². The molecule has 0 aliphatic heterocycles. The number of methoxy groups -OCH3 is 1. The third kappa shape index (κ3) is 2.30. The van der Waals surface area contributed by atoms with E-state index >= 15 is 0 Å². The minimum absolute atomic E-state index is 0.0634. The number of benzene rings is 1. The first kappa shape index (κ1) is 11.1. The van der Waals surface area contributed by atoms with Gasteiger partial charge in [0.05, 0.1) is 12.1 Å². The Balaban J connectivity index is 2.96. The fraction of sp³-hybridized carbons (Fsp3) is 0.400. The molecule has 0 amide bonds. The topological polar surface area (TPSA) is 49.7 Å². The number of halogens is 1. The molecule has 1 aromatic carbocycles. The minimum atomic E-state index is 0.0634. The second-order valence-electron chi connectivity index (χ2n) is 2.92. The van der Waals surface area contributed by atoms with Crippen molar-refractivity contribution in [2.75, 3.05) is 13.7 Å². The molecule has 0 spiro atoms. The van der Waals surface area contributed by atoms with Crippen molar-refractivity contribution < 1.29 is 14.9 Å². The zero-order valence-electron chi connectivity index (χ0n) is 7.96. The van der Waals surface area contributed by atoms with E-state index in [1.165, 1.54) is 7.11 Å². The molecule has 4 heteroatoms. The second kappa shape index (κ2) is 5.08. The zero-order valence-corrected chi connectivity index (χ0v) is 8.71. The molecule has 1 rings (SSSR count). The van der Waals surface area contributed by atoms with E-state index in [0.717, 1.165) is 5.56 Å². The Labute approximate surface area is 87.9 Å². The molecule has 0 radical (unpaired) electrons. The zero-order chi connectivity index (χ0) is 10.6. The number of aliphatic hydroxyl groups excluding tert-OH is 1. The summed E-state index contributed by atoms with van der Waals surface area (Å²) in [5.74, 6) is 0.357. The highest BCUT2D eigenvalue weighted by Crippen LogP contribution is 2.37. The molecular weight excluding hydrogens is 204 g/mol. The SMILES string of the molecule is COc1c(Cl)ccc(CCCO)c1O. The molecule has 0 atom stereocenters. The predicted molar refractivity (Wildman–Crippen MR) is 55.1 cm³/mol. The van der Waals surface area contributed by atoms with E-state index in [-0.39, 0.29) is 12.4 Å². The van der Waals surface area contributed by atoms with Crippen molar-refractivity contribution in [2.45, 2.75) is 12.8 Å². The highest BCUT2D eigenvalue weighted by molar-refractivity contribution is 6.32. The van der Waals surface area contributed by atoms with Crippen LogP contribution in [0.1, 0.15) is 12.0 Å². The maximum absolute atomic E-state index is 9.71. The van der Waals surface area contributed by atoms with Crippen LogP contribution in [0.15, 0.2) is 12.1 Å². The van der Waals surface area contributed by atoms with Crippen LogP contribution in [0.2, 0.25) is 5.02 Å². The van der Waals surface area contributed by atoms with E-state index < -0.39 is 0 Å². The third-order valence-corrected chi connectivity index (χ3v) is 2.27. The Morgan fingerprint density at radius 2 is 2.14 bits per heavy atom. The lowest BCUT2D eigenvalue weighted by Crippen LogP contribution is -1.93. The highest BCUT2D eigenvalue weighted by Gasteiger charge is 2.11. The van der Waals surface area contributed by atoms with E-state index in [1.807, 2.05) is 0 Å². The van der Waals surface area contributed by atoms with Crippen LogP contribution in [-0.4, -0.2) is 23.9 Å². The van der Waals surface area contributed by atoms with Gasteiger partial charge in [0.25, 0.3) is 0 Å².